The van der Waals surface area contributed by atoms with E-state index in [0.29, 0.717) is 28.6 Å². The van der Waals surface area contributed by atoms with Crippen molar-refractivity contribution < 1.29 is 19.1 Å². The Bertz CT molecular complexity index is 1100. The lowest BCUT2D eigenvalue weighted by Gasteiger charge is -2.25. The molecule has 1 heterocycles. The van der Waals surface area contributed by atoms with E-state index in [4.69, 9.17) is 9.47 Å². The summed E-state index contributed by atoms with van der Waals surface area (Å²) in [5, 5.41) is 9.03. The van der Waals surface area contributed by atoms with Crippen LogP contribution in [-0.4, -0.2) is 25.0 Å². The van der Waals surface area contributed by atoms with Crippen LogP contribution >= 0.6 is 0 Å². The number of nitrogens with one attached hydrogen (secondary N) is 3. The molecular weight excluding hydrogens is 394 g/mol. The fourth-order valence-electron chi connectivity index (χ4n) is 3.33. The summed E-state index contributed by atoms with van der Waals surface area (Å²) < 4.78 is 10.8. The maximum Gasteiger partial charge on any atom is 0.265 e. The van der Waals surface area contributed by atoms with Crippen LogP contribution in [0.2, 0.25) is 0 Å². The number of carbonyl (C=O) groups excluding carboxylic acids is 2. The third kappa shape index (κ3) is 4.61. The van der Waals surface area contributed by atoms with Crippen LogP contribution in [0.1, 0.15) is 18.5 Å². The van der Waals surface area contributed by atoms with Gasteiger partial charge in [-0.05, 0) is 42.8 Å². The zero-order valence-corrected chi connectivity index (χ0v) is 17.2. The molecule has 31 heavy (non-hydrogen) atoms. The molecule has 1 aliphatic heterocycles. The Balaban J connectivity index is 1.59. The Morgan fingerprint density at radius 1 is 1.03 bits per heavy atom. The topological polar surface area (TPSA) is 88.7 Å². The fourth-order valence-corrected chi connectivity index (χ4v) is 3.33. The van der Waals surface area contributed by atoms with Crippen molar-refractivity contribution in [3.8, 4) is 11.5 Å². The predicted molar refractivity (Wildman–Crippen MR) is 120 cm³/mol. The number of methoxy groups -OCH3 is 1. The van der Waals surface area contributed by atoms with Crippen molar-refractivity contribution in [1.29, 1.82) is 0 Å². The molecule has 2 atom stereocenters. The van der Waals surface area contributed by atoms with Crippen molar-refractivity contribution in [2.45, 2.75) is 19.1 Å². The second kappa shape index (κ2) is 8.79. The standard InChI is InChI=1S/C24H23N3O4/c1-15-23(28)27-20-14-18(11-12-21(20)31-15)25-22(16-7-4-3-5-8-16)24(29)26-17-9-6-10-19(13-17)30-2/h3-15,22,25H,1-2H3,(H,26,29)(H,27,28). The van der Waals surface area contributed by atoms with Crippen LogP contribution in [0.4, 0.5) is 17.1 Å². The van der Waals surface area contributed by atoms with Crippen molar-refractivity contribution >= 4 is 28.9 Å². The summed E-state index contributed by atoms with van der Waals surface area (Å²) in [6.45, 7) is 1.69. The number of anilines is 3. The molecule has 2 amide bonds. The number of carbonyl (C=O) groups is 2. The van der Waals surface area contributed by atoms with Gasteiger partial charge in [0.25, 0.3) is 11.8 Å². The van der Waals surface area contributed by atoms with Crippen LogP contribution in [0.5, 0.6) is 11.5 Å². The van der Waals surface area contributed by atoms with E-state index in [9.17, 15) is 9.59 Å². The van der Waals surface area contributed by atoms with Gasteiger partial charge in [-0.1, -0.05) is 36.4 Å². The van der Waals surface area contributed by atoms with Gasteiger partial charge in [0.2, 0.25) is 0 Å². The summed E-state index contributed by atoms with van der Waals surface area (Å²) in [7, 11) is 1.58. The monoisotopic (exact) mass is 417 g/mol. The van der Waals surface area contributed by atoms with E-state index < -0.39 is 12.1 Å². The maximum absolute atomic E-state index is 13.2. The zero-order chi connectivity index (χ0) is 21.8. The van der Waals surface area contributed by atoms with Gasteiger partial charge in [0.15, 0.2) is 6.10 Å². The van der Waals surface area contributed by atoms with Gasteiger partial charge < -0.3 is 25.4 Å². The van der Waals surface area contributed by atoms with Crippen molar-refractivity contribution in [1.82, 2.24) is 0 Å². The van der Waals surface area contributed by atoms with Crippen LogP contribution in [0.15, 0.2) is 72.8 Å². The van der Waals surface area contributed by atoms with E-state index in [1.54, 1.807) is 38.3 Å². The average molecular weight is 417 g/mol. The summed E-state index contributed by atoms with van der Waals surface area (Å²) in [6, 6.07) is 21.3. The van der Waals surface area contributed by atoms with Gasteiger partial charge in [-0.25, -0.2) is 0 Å². The minimum absolute atomic E-state index is 0.208. The lowest BCUT2D eigenvalue weighted by atomic mass is 10.1. The summed E-state index contributed by atoms with van der Waals surface area (Å²) >= 11 is 0. The first-order valence-electron chi connectivity index (χ1n) is 9.91. The fraction of sp³-hybridized carbons (Fsp3) is 0.167. The smallest absolute Gasteiger partial charge is 0.265 e. The number of ether oxygens (including phenoxy) is 2. The Labute approximate surface area is 180 Å². The predicted octanol–water partition coefficient (Wildman–Crippen LogP) is 4.21. The number of hydrogen-bond donors (Lipinski definition) is 3. The summed E-state index contributed by atoms with van der Waals surface area (Å²) in [5.74, 6) is 0.808. The molecule has 0 aliphatic carbocycles. The second-order valence-electron chi connectivity index (χ2n) is 7.17. The molecule has 7 heteroatoms. The molecule has 2 unspecified atom stereocenters. The minimum atomic E-state index is -0.662. The van der Waals surface area contributed by atoms with Gasteiger partial charge in [-0.2, -0.15) is 0 Å². The summed E-state index contributed by atoms with van der Waals surface area (Å²) in [6.07, 6.45) is -0.544. The SMILES string of the molecule is COc1cccc(NC(=O)C(Nc2ccc3c(c2)NC(=O)C(C)O3)c2ccccc2)c1. The van der Waals surface area contributed by atoms with E-state index in [2.05, 4.69) is 16.0 Å². The quantitative estimate of drug-likeness (QED) is 0.559. The minimum Gasteiger partial charge on any atom is -0.497 e. The number of amides is 2. The lowest BCUT2D eigenvalue weighted by Crippen LogP contribution is -2.34. The van der Waals surface area contributed by atoms with Gasteiger partial charge >= 0.3 is 0 Å². The van der Waals surface area contributed by atoms with E-state index >= 15 is 0 Å². The van der Waals surface area contributed by atoms with Crippen LogP contribution in [0.25, 0.3) is 0 Å². The average Bonchev–Trinajstić information content (AvgIpc) is 2.79. The molecule has 3 aromatic rings. The first-order chi connectivity index (χ1) is 15.0. The van der Waals surface area contributed by atoms with Gasteiger partial charge in [0, 0.05) is 17.4 Å². The number of rotatable bonds is 6. The molecule has 0 spiro atoms. The molecule has 4 rings (SSSR count). The molecule has 0 aromatic heterocycles. The molecule has 1 aliphatic rings. The first kappa shape index (κ1) is 20.3. The highest BCUT2D eigenvalue weighted by molar-refractivity contribution is 5.99. The van der Waals surface area contributed by atoms with Crippen LogP contribution < -0.4 is 25.4 Å². The molecule has 0 bridgehead atoms. The van der Waals surface area contributed by atoms with Gasteiger partial charge in [-0.3, -0.25) is 9.59 Å². The van der Waals surface area contributed by atoms with E-state index in [1.807, 2.05) is 48.5 Å². The third-order valence-electron chi connectivity index (χ3n) is 4.95. The number of fused-ring (bicyclic) bond motifs is 1. The lowest BCUT2D eigenvalue weighted by molar-refractivity contribution is -0.122. The Morgan fingerprint density at radius 3 is 2.61 bits per heavy atom. The van der Waals surface area contributed by atoms with Crippen LogP contribution in [-0.2, 0) is 9.59 Å². The Kier molecular flexibility index (Phi) is 5.75. The molecular formula is C24H23N3O4. The Hall–Kier alpha value is -4.00. The van der Waals surface area contributed by atoms with Gasteiger partial charge in [-0.15, -0.1) is 0 Å². The van der Waals surface area contributed by atoms with E-state index in [1.165, 1.54) is 0 Å². The second-order valence-corrected chi connectivity index (χ2v) is 7.17. The first-order valence-corrected chi connectivity index (χ1v) is 9.91. The van der Waals surface area contributed by atoms with Crippen molar-refractivity contribution in [3.05, 3.63) is 78.4 Å². The molecule has 7 nitrogen and oxygen atoms in total. The van der Waals surface area contributed by atoms with E-state index in [-0.39, 0.29) is 11.8 Å². The summed E-state index contributed by atoms with van der Waals surface area (Å²) in [4.78, 5) is 25.1. The number of hydrogen-bond acceptors (Lipinski definition) is 5. The molecule has 158 valence electrons. The van der Waals surface area contributed by atoms with Crippen LogP contribution in [0, 0.1) is 0 Å². The maximum atomic E-state index is 13.2. The Morgan fingerprint density at radius 2 is 1.84 bits per heavy atom. The number of benzene rings is 3. The van der Waals surface area contributed by atoms with Crippen molar-refractivity contribution in [3.63, 3.8) is 0 Å². The van der Waals surface area contributed by atoms with Gasteiger partial charge in [0.1, 0.15) is 17.5 Å². The molecule has 0 fully saturated rings. The normalized spacial score (nSPS) is 15.7. The van der Waals surface area contributed by atoms with Gasteiger partial charge in [0.05, 0.1) is 12.8 Å². The highest BCUT2D eigenvalue weighted by Crippen LogP contribution is 2.33. The molecule has 3 N–H and O–H groups in total. The summed E-state index contributed by atoms with van der Waals surface area (Å²) in [5.41, 5.74) is 2.67. The molecule has 0 saturated carbocycles. The van der Waals surface area contributed by atoms with Crippen molar-refractivity contribution in [2.75, 3.05) is 23.1 Å². The van der Waals surface area contributed by atoms with E-state index in [0.717, 1.165) is 5.56 Å². The highest BCUT2D eigenvalue weighted by Gasteiger charge is 2.25. The largest absolute Gasteiger partial charge is 0.497 e. The van der Waals surface area contributed by atoms with Crippen molar-refractivity contribution in [2.24, 2.45) is 0 Å². The highest BCUT2D eigenvalue weighted by atomic mass is 16.5. The third-order valence-corrected chi connectivity index (χ3v) is 4.95. The molecule has 3 aromatic carbocycles. The van der Waals surface area contributed by atoms with Crippen LogP contribution in [0.3, 0.4) is 0 Å². The zero-order valence-electron chi connectivity index (χ0n) is 17.2. The molecule has 0 radical (unpaired) electrons. The molecule has 0 saturated heterocycles.